The van der Waals surface area contributed by atoms with Crippen molar-refractivity contribution in [1.29, 1.82) is 0 Å². The Morgan fingerprint density at radius 2 is 1.96 bits per heavy atom. The first-order chi connectivity index (χ1) is 11.6. The summed E-state index contributed by atoms with van der Waals surface area (Å²) in [6, 6.07) is 11.0. The third-order valence-electron chi connectivity index (χ3n) is 3.89. The summed E-state index contributed by atoms with van der Waals surface area (Å²) in [4.78, 5) is 38.6. The molecular weight excluding hydrogens is 306 g/mol. The van der Waals surface area contributed by atoms with E-state index in [9.17, 15) is 14.4 Å². The highest BCUT2D eigenvalue weighted by Crippen LogP contribution is 2.19. The number of hydrogen-bond acceptors (Lipinski definition) is 4. The first kappa shape index (κ1) is 15.9. The zero-order chi connectivity index (χ0) is 16.9. The molecule has 24 heavy (non-hydrogen) atoms. The highest BCUT2D eigenvalue weighted by atomic mass is 16.5. The summed E-state index contributed by atoms with van der Waals surface area (Å²) >= 11 is 0. The van der Waals surface area contributed by atoms with Crippen LogP contribution in [0.2, 0.25) is 0 Å². The Kier molecular flexibility index (Phi) is 4.70. The zero-order valence-corrected chi connectivity index (χ0v) is 13.1. The lowest BCUT2D eigenvalue weighted by Gasteiger charge is -2.14. The molecule has 3 rings (SSSR count). The molecule has 0 aliphatic heterocycles. The maximum Gasteiger partial charge on any atom is 0.344 e. The molecule has 1 heterocycles. The number of H-pyrrole nitrogens is 1. The second-order valence-electron chi connectivity index (χ2n) is 5.59. The van der Waals surface area contributed by atoms with Crippen molar-refractivity contribution in [2.24, 2.45) is 0 Å². The molecule has 1 aromatic heterocycles. The molecule has 0 saturated heterocycles. The van der Waals surface area contributed by atoms with E-state index in [1.54, 1.807) is 6.08 Å². The fourth-order valence-electron chi connectivity index (χ4n) is 2.68. The Bertz CT molecular complexity index is 849. The molecule has 1 aliphatic carbocycles. The number of Topliss-reactive ketones (excluding diaryl/α,β-unsaturated/α-hetero) is 1. The third-order valence-corrected chi connectivity index (χ3v) is 3.89. The van der Waals surface area contributed by atoms with Gasteiger partial charge in [0.05, 0.1) is 0 Å². The number of ketones is 1. The Morgan fingerprint density at radius 3 is 2.75 bits per heavy atom. The number of ether oxygens (including phenoxy) is 1. The number of carbonyl (C=O) groups is 2. The Labute approximate surface area is 139 Å². The molecule has 0 spiro atoms. The van der Waals surface area contributed by atoms with Crippen LogP contribution in [0.3, 0.4) is 0 Å². The standard InChI is InChI=1S/C19H17NO4/c21-17-10-4-9-16-14(17)12-15(18(22)20-16)19(23)24-11-5-8-13-6-2-1-3-7-13/h1-3,5-8,12H,4,9-11H2,(H,20,22). The average Bonchev–Trinajstić information content (AvgIpc) is 2.59. The fourth-order valence-corrected chi connectivity index (χ4v) is 2.68. The van der Waals surface area contributed by atoms with Gasteiger partial charge in [-0.25, -0.2) is 4.79 Å². The monoisotopic (exact) mass is 323 g/mol. The molecule has 0 atom stereocenters. The molecule has 5 nitrogen and oxygen atoms in total. The van der Waals surface area contributed by atoms with Crippen molar-refractivity contribution < 1.29 is 14.3 Å². The maximum atomic E-state index is 12.1. The molecule has 0 bridgehead atoms. The number of aromatic amines is 1. The SMILES string of the molecule is O=C1CCCc2[nH]c(=O)c(C(=O)OCC=Cc3ccccc3)cc21. The topological polar surface area (TPSA) is 76.2 Å². The Balaban J connectivity index is 1.69. The van der Waals surface area contributed by atoms with Gasteiger partial charge in [-0.2, -0.15) is 0 Å². The lowest BCUT2D eigenvalue weighted by molar-refractivity contribution is 0.0548. The van der Waals surface area contributed by atoms with Gasteiger partial charge in [0.15, 0.2) is 5.78 Å². The van der Waals surface area contributed by atoms with E-state index in [0.717, 1.165) is 12.0 Å². The minimum atomic E-state index is -0.727. The smallest absolute Gasteiger partial charge is 0.344 e. The summed E-state index contributed by atoms with van der Waals surface area (Å²) in [7, 11) is 0. The number of aromatic nitrogens is 1. The van der Waals surface area contributed by atoms with Gasteiger partial charge in [0.2, 0.25) is 0 Å². The minimum absolute atomic E-state index is 0.0504. The lowest BCUT2D eigenvalue weighted by Crippen LogP contribution is -2.25. The fraction of sp³-hybridized carbons (Fsp3) is 0.211. The van der Waals surface area contributed by atoms with Crippen molar-refractivity contribution in [3.63, 3.8) is 0 Å². The molecule has 0 radical (unpaired) electrons. The van der Waals surface area contributed by atoms with Crippen LogP contribution in [0.25, 0.3) is 6.08 Å². The minimum Gasteiger partial charge on any atom is -0.458 e. The van der Waals surface area contributed by atoms with E-state index >= 15 is 0 Å². The maximum absolute atomic E-state index is 12.1. The second kappa shape index (κ2) is 7.08. The summed E-state index contributed by atoms with van der Waals surface area (Å²) in [6.45, 7) is 0.0538. The van der Waals surface area contributed by atoms with Crippen LogP contribution in [-0.2, 0) is 11.2 Å². The molecule has 0 saturated carbocycles. The molecular formula is C19H17NO4. The number of pyridine rings is 1. The predicted octanol–water partition coefficient (Wildman–Crippen LogP) is 2.76. The van der Waals surface area contributed by atoms with Gasteiger partial charge in [-0.3, -0.25) is 9.59 Å². The molecule has 1 N–H and O–H groups in total. The van der Waals surface area contributed by atoms with Crippen molar-refractivity contribution in [1.82, 2.24) is 4.98 Å². The van der Waals surface area contributed by atoms with Crippen molar-refractivity contribution in [2.45, 2.75) is 19.3 Å². The number of hydrogen-bond donors (Lipinski definition) is 1. The van der Waals surface area contributed by atoms with Gasteiger partial charge in [-0.05, 0) is 30.5 Å². The number of fused-ring (bicyclic) bond motifs is 1. The van der Waals surface area contributed by atoms with Gasteiger partial charge in [-0.15, -0.1) is 0 Å². The highest BCUT2D eigenvalue weighted by molar-refractivity contribution is 6.00. The molecule has 0 unspecified atom stereocenters. The molecule has 1 aromatic carbocycles. The number of nitrogens with one attached hydrogen (secondary N) is 1. The summed E-state index contributed by atoms with van der Waals surface area (Å²) in [5, 5.41) is 0. The van der Waals surface area contributed by atoms with Crippen LogP contribution < -0.4 is 5.56 Å². The summed E-state index contributed by atoms with van der Waals surface area (Å²) in [5.41, 5.74) is 1.38. The highest BCUT2D eigenvalue weighted by Gasteiger charge is 2.22. The van der Waals surface area contributed by atoms with Crippen molar-refractivity contribution >= 4 is 17.8 Å². The van der Waals surface area contributed by atoms with Crippen LogP contribution in [0, 0.1) is 0 Å². The van der Waals surface area contributed by atoms with Crippen LogP contribution in [-0.4, -0.2) is 23.3 Å². The second-order valence-corrected chi connectivity index (χ2v) is 5.59. The first-order valence-electron chi connectivity index (χ1n) is 7.83. The van der Waals surface area contributed by atoms with Gasteiger partial charge in [0, 0.05) is 17.7 Å². The van der Waals surface area contributed by atoms with E-state index in [1.807, 2.05) is 36.4 Å². The molecule has 5 heteroatoms. The van der Waals surface area contributed by atoms with Crippen LogP contribution in [0.5, 0.6) is 0 Å². The molecule has 2 aromatic rings. The average molecular weight is 323 g/mol. The van der Waals surface area contributed by atoms with Crippen LogP contribution in [0.15, 0.2) is 47.3 Å². The van der Waals surface area contributed by atoms with E-state index < -0.39 is 11.5 Å². The van der Waals surface area contributed by atoms with Crippen LogP contribution >= 0.6 is 0 Å². The zero-order valence-electron chi connectivity index (χ0n) is 13.1. The summed E-state index contributed by atoms with van der Waals surface area (Å²) in [6.07, 6.45) is 5.33. The van der Waals surface area contributed by atoms with Crippen molar-refractivity contribution in [3.8, 4) is 0 Å². The van der Waals surface area contributed by atoms with E-state index in [1.165, 1.54) is 6.07 Å². The molecule has 1 aliphatic rings. The van der Waals surface area contributed by atoms with Gasteiger partial charge >= 0.3 is 5.97 Å². The first-order valence-corrected chi connectivity index (χ1v) is 7.83. The number of esters is 1. The Morgan fingerprint density at radius 1 is 1.17 bits per heavy atom. The quantitative estimate of drug-likeness (QED) is 0.878. The van der Waals surface area contributed by atoms with Crippen LogP contribution in [0.1, 0.15) is 44.8 Å². The summed E-state index contributed by atoms with van der Waals surface area (Å²) in [5.74, 6) is -0.777. The van der Waals surface area contributed by atoms with Gasteiger partial charge in [-0.1, -0.05) is 36.4 Å². The Hall–Kier alpha value is -2.95. The van der Waals surface area contributed by atoms with E-state index in [2.05, 4.69) is 4.98 Å². The van der Waals surface area contributed by atoms with Gasteiger partial charge in [0.1, 0.15) is 12.2 Å². The van der Waals surface area contributed by atoms with E-state index in [4.69, 9.17) is 4.74 Å². The molecule has 122 valence electrons. The number of aryl methyl sites for hydroxylation is 1. The van der Waals surface area contributed by atoms with Crippen molar-refractivity contribution in [2.75, 3.05) is 6.61 Å². The number of carbonyl (C=O) groups excluding carboxylic acids is 2. The van der Waals surface area contributed by atoms with Crippen LogP contribution in [0.4, 0.5) is 0 Å². The van der Waals surface area contributed by atoms with E-state index in [0.29, 0.717) is 24.1 Å². The molecule has 0 fully saturated rings. The van der Waals surface area contributed by atoms with E-state index in [-0.39, 0.29) is 18.0 Å². The summed E-state index contributed by atoms with van der Waals surface area (Å²) < 4.78 is 5.10. The van der Waals surface area contributed by atoms with Gasteiger partial charge < -0.3 is 9.72 Å². The molecule has 0 amide bonds. The van der Waals surface area contributed by atoms with Crippen molar-refractivity contribution in [3.05, 3.63) is 75.2 Å². The van der Waals surface area contributed by atoms with Gasteiger partial charge in [0.25, 0.3) is 5.56 Å². The normalized spacial score (nSPS) is 13.8. The lowest BCUT2D eigenvalue weighted by atomic mass is 9.94. The number of rotatable bonds is 4. The third kappa shape index (κ3) is 3.51. The predicted molar refractivity (Wildman–Crippen MR) is 90.1 cm³/mol. The largest absolute Gasteiger partial charge is 0.458 e. The number of benzene rings is 1.